The highest BCUT2D eigenvalue weighted by Crippen LogP contribution is 2.07. The van der Waals surface area contributed by atoms with Gasteiger partial charge in [0.05, 0.1) is 0 Å². The molecule has 0 fully saturated rings. The number of nitrogens with one attached hydrogen (secondary N) is 1. The predicted molar refractivity (Wildman–Crippen MR) is 52.3 cm³/mol. The molecular weight excluding hydrogens is 174 g/mol. The van der Waals surface area contributed by atoms with E-state index in [1.165, 1.54) is 0 Å². The quantitative estimate of drug-likeness (QED) is 0.677. The highest BCUT2D eigenvalue weighted by Gasteiger charge is 2.11. The molecule has 0 aliphatic carbocycles. The average Bonchev–Trinajstić information content (AvgIpc) is 1.98. The van der Waals surface area contributed by atoms with Crippen molar-refractivity contribution in [1.29, 1.82) is 0 Å². The first-order valence-electron chi connectivity index (χ1n) is 4.37. The summed E-state index contributed by atoms with van der Waals surface area (Å²) in [5.41, 5.74) is 0. The molecule has 0 aliphatic rings. The van der Waals surface area contributed by atoms with Gasteiger partial charge in [-0.1, -0.05) is 20.8 Å². The molecule has 0 saturated heterocycles. The summed E-state index contributed by atoms with van der Waals surface area (Å²) >= 11 is 5.58. The third-order valence-electron chi connectivity index (χ3n) is 2.10. The molecular formula is C9H18ClNO. The number of hydrogen-bond donors (Lipinski definition) is 1. The van der Waals surface area contributed by atoms with Gasteiger partial charge in [-0.3, -0.25) is 4.79 Å². The van der Waals surface area contributed by atoms with E-state index in [1.54, 1.807) is 6.92 Å². The van der Waals surface area contributed by atoms with E-state index >= 15 is 0 Å². The van der Waals surface area contributed by atoms with Crippen molar-refractivity contribution >= 4 is 17.5 Å². The molecule has 0 spiro atoms. The van der Waals surface area contributed by atoms with Gasteiger partial charge in [-0.15, -0.1) is 11.6 Å². The lowest BCUT2D eigenvalue weighted by molar-refractivity contribution is -0.120. The monoisotopic (exact) mass is 191 g/mol. The molecule has 3 heteroatoms. The molecule has 0 radical (unpaired) electrons. The Balaban J connectivity index is 3.61. The Bertz CT molecular complexity index is 145. The predicted octanol–water partition coefficient (Wildman–Crippen LogP) is 2.02. The number of halogens is 1. The number of amides is 1. The van der Waals surface area contributed by atoms with Crippen molar-refractivity contribution in [2.75, 3.05) is 6.54 Å². The summed E-state index contributed by atoms with van der Waals surface area (Å²) in [5.74, 6) is 1.02. The van der Waals surface area contributed by atoms with E-state index in [9.17, 15) is 4.79 Å². The number of hydrogen-bond acceptors (Lipinski definition) is 1. The molecule has 1 N–H and O–H groups in total. The summed E-state index contributed by atoms with van der Waals surface area (Å²) in [7, 11) is 0. The van der Waals surface area contributed by atoms with Crippen molar-refractivity contribution in [2.45, 2.75) is 33.1 Å². The SMILES string of the molecule is CC(Cl)C(=O)NCC(C)C(C)C. The number of carbonyl (C=O) groups is 1. The van der Waals surface area contributed by atoms with Gasteiger partial charge in [0.15, 0.2) is 0 Å². The van der Waals surface area contributed by atoms with Gasteiger partial charge in [0.25, 0.3) is 0 Å². The molecule has 0 bridgehead atoms. The maximum Gasteiger partial charge on any atom is 0.237 e. The zero-order valence-corrected chi connectivity index (χ0v) is 8.98. The van der Waals surface area contributed by atoms with Gasteiger partial charge in [-0.25, -0.2) is 0 Å². The molecule has 0 aromatic carbocycles. The van der Waals surface area contributed by atoms with Gasteiger partial charge in [0, 0.05) is 6.54 Å². The first kappa shape index (κ1) is 11.8. The van der Waals surface area contributed by atoms with Gasteiger partial charge in [-0.05, 0) is 18.8 Å². The van der Waals surface area contributed by atoms with Gasteiger partial charge in [0.2, 0.25) is 5.91 Å². The van der Waals surface area contributed by atoms with Crippen LogP contribution in [-0.2, 0) is 4.79 Å². The van der Waals surface area contributed by atoms with Crippen LogP contribution in [0.4, 0.5) is 0 Å². The van der Waals surface area contributed by atoms with E-state index in [-0.39, 0.29) is 5.91 Å². The second kappa shape index (κ2) is 5.41. The van der Waals surface area contributed by atoms with Gasteiger partial charge in [-0.2, -0.15) is 0 Å². The van der Waals surface area contributed by atoms with Crippen molar-refractivity contribution in [1.82, 2.24) is 5.32 Å². The second-order valence-electron chi connectivity index (χ2n) is 3.58. The van der Waals surface area contributed by atoms with Crippen molar-refractivity contribution in [3.05, 3.63) is 0 Å². The number of rotatable bonds is 4. The number of carbonyl (C=O) groups excluding carboxylic acids is 1. The fourth-order valence-electron chi connectivity index (χ4n) is 0.638. The minimum atomic E-state index is -0.427. The zero-order valence-electron chi connectivity index (χ0n) is 8.23. The first-order valence-corrected chi connectivity index (χ1v) is 4.80. The maximum absolute atomic E-state index is 11.0. The molecule has 0 rings (SSSR count). The molecule has 12 heavy (non-hydrogen) atoms. The van der Waals surface area contributed by atoms with E-state index in [4.69, 9.17) is 11.6 Å². The standard InChI is InChI=1S/C9H18ClNO/c1-6(2)7(3)5-11-9(12)8(4)10/h6-8H,5H2,1-4H3,(H,11,12). The fourth-order valence-corrected chi connectivity index (χ4v) is 0.715. The summed E-state index contributed by atoms with van der Waals surface area (Å²) in [4.78, 5) is 11.0. The van der Waals surface area contributed by atoms with Crippen LogP contribution in [0.2, 0.25) is 0 Å². The lowest BCUT2D eigenvalue weighted by Crippen LogP contribution is -2.34. The summed E-state index contributed by atoms with van der Waals surface area (Å²) in [5, 5.41) is 2.37. The normalized spacial score (nSPS) is 15.8. The Labute approximate surface area is 79.7 Å². The van der Waals surface area contributed by atoms with Crippen LogP contribution in [0.1, 0.15) is 27.7 Å². The average molecular weight is 192 g/mol. The van der Waals surface area contributed by atoms with Gasteiger partial charge < -0.3 is 5.32 Å². The highest BCUT2D eigenvalue weighted by atomic mass is 35.5. The molecule has 2 unspecified atom stereocenters. The minimum absolute atomic E-state index is 0.0795. The van der Waals surface area contributed by atoms with Gasteiger partial charge in [0.1, 0.15) is 5.38 Å². The van der Waals surface area contributed by atoms with E-state index in [1.807, 2.05) is 0 Å². The molecule has 1 amide bonds. The van der Waals surface area contributed by atoms with Crippen LogP contribution in [0, 0.1) is 11.8 Å². The smallest absolute Gasteiger partial charge is 0.237 e. The Morgan fingerprint density at radius 2 is 1.83 bits per heavy atom. The van der Waals surface area contributed by atoms with E-state index in [2.05, 4.69) is 26.1 Å². The molecule has 2 nitrogen and oxygen atoms in total. The topological polar surface area (TPSA) is 29.1 Å². The summed E-state index contributed by atoms with van der Waals surface area (Å²) in [6.07, 6.45) is 0. The molecule has 72 valence electrons. The number of alkyl halides is 1. The van der Waals surface area contributed by atoms with Crippen molar-refractivity contribution in [3.8, 4) is 0 Å². The molecule has 0 heterocycles. The van der Waals surface area contributed by atoms with Crippen LogP contribution in [-0.4, -0.2) is 17.8 Å². The van der Waals surface area contributed by atoms with Crippen LogP contribution >= 0.6 is 11.6 Å². The van der Waals surface area contributed by atoms with Crippen LogP contribution in [0.25, 0.3) is 0 Å². The van der Waals surface area contributed by atoms with Crippen molar-refractivity contribution in [3.63, 3.8) is 0 Å². The van der Waals surface area contributed by atoms with Crippen LogP contribution in [0.5, 0.6) is 0 Å². The Hall–Kier alpha value is -0.240. The van der Waals surface area contributed by atoms with Crippen LogP contribution < -0.4 is 5.32 Å². The minimum Gasteiger partial charge on any atom is -0.355 e. The second-order valence-corrected chi connectivity index (χ2v) is 4.24. The largest absolute Gasteiger partial charge is 0.355 e. The molecule has 0 saturated carbocycles. The molecule has 2 atom stereocenters. The zero-order chi connectivity index (χ0) is 9.72. The summed E-state index contributed by atoms with van der Waals surface area (Å²) in [6.45, 7) is 8.79. The Morgan fingerprint density at radius 1 is 1.33 bits per heavy atom. The summed E-state index contributed by atoms with van der Waals surface area (Å²) in [6, 6.07) is 0. The van der Waals surface area contributed by atoms with E-state index in [0.29, 0.717) is 18.4 Å². The van der Waals surface area contributed by atoms with E-state index in [0.717, 1.165) is 0 Å². The van der Waals surface area contributed by atoms with E-state index < -0.39 is 5.38 Å². The third kappa shape index (κ3) is 4.60. The molecule has 0 aliphatic heterocycles. The summed E-state index contributed by atoms with van der Waals surface area (Å²) < 4.78 is 0. The van der Waals surface area contributed by atoms with Crippen molar-refractivity contribution in [2.24, 2.45) is 11.8 Å². The van der Waals surface area contributed by atoms with Gasteiger partial charge >= 0.3 is 0 Å². The van der Waals surface area contributed by atoms with Crippen molar-refractivity contribution < 1.29 is 4.79 Å². The first-order chi connectivity index (χ1) is 5.45. The fraction of sp³-hybridized carbons (Fsp3) is 0.889. The molecule has 0 aromatic rings. The highest BCUT2D eigenvalue weighted by molar-refractivity contribution is 6.30. The molecule has 0 aromatic heterocycles. The van der Waals surface area contributed by atoms with Crippen LogP contribution in [0.15, 0.2) is 0 Å². The van der Waals surface area contributed by atoms with Crippen LogP contribution in [0.3, 0.4) is 0 Å². The lowest BCUT2D eigenvalue weighted by atomic mass is 9.98. The Morgan fingerprint density at radius 3 is 2.17 bits per heavy atom. The lowest BCUT2D eigenvalue weighted by Gasteiger charge is -2.16. The third-order valence-corrected chi connectivity index (χ3v) is 2.30. The Kier molecular flexibility index (Phi) is 5.31. The maximum atomic E-state index is 11.0.